The van der Waals surface area contributed by atoms with Crippen LogP contribution in [0.1, 0.15) is 26.0 Å². The smallest absolute Gasteiger partial charge is 0.226 e. The Labute approximate surface area is 149 Å². The Morgan fingerprint density at radius 3 is 2.58 bits per heavy atom. The van der Waals surface area contributed by atoms with E-state index in [2.05, 4.69) is 5.16 Å². The van der Waals surface area contributed by atoms with Gasteiger partial charge in [-0.15, -0.1) is 12.4 Å². The molecule has 0 radical (unpaired) electrons. The Balaban J connectivity index is 0.00000288. The summed E-state index contributed by atoms with van der Waals surface area (Å²) >= 11 is 0. The highest BCUT2D eigenvalue weighted by Crippen LogP contribution is 2.19. The minimum absolute atomic E-state index is 0. The third-order valence-corrected chi connectivity index (χ3v) is 4.10. The van der Waals surface area contributed by atoms with Crippen LogP contribution >= 0.6 is 12.4 Å². The van der Waals surface area contributed by atoms with E-state index in [0.29, 0.717) is 6.54 Å². The van der Waals surface area contributed by atoms with E-state index in [0.717, 1.165) is 29.9 Å². The van der Waals surface area contributed by atoms with Crippen molar-refractivity contribution in [3.05, 3.63) is 42.2 Å². The molecule has 2 unspecified atom stereocenters. The van der Waals surface area contributed by atoms with E-state index in [9.17, 15) is 4.79 Å². The van der Waals surface area contributed by atoms with Crippen LogP contribution in [0.2, 0.25) is 0 Å². The Hall–Kier alpha value is -1.85. The quantitative estimate of drug-likeness (QED) is 0.831. The van der Waals surface area contributed by atoms with Gasteiger partial charge in [-0.25, -0.2) is 0 Å². The number of aromatic nitrogens is 1. The summed E-state index contributed by atoms with van der Waals surface area (Å²) in [7, 11) is 1.82. The summed E-state index contributed by atoms with van der Waals surface area (Å²) < 4.78 is 5.37. The number of hydrogen-bond donors (Lipinski definition) is 1. The molecule has 0 spiro atoms. The van der Waals surface area contributed by atoms with Gasteiger partial charge in [0.25, 0.3) is 0 Å². The van der Waals surface area contributed by atoms with Crippen molar-refractivity contribution in [3.8, 4) is 11.3 Å². The van der Waals surface area contributed by atoms with Crippen LogP contribution in [0.4, 0.5) is 0 Å². The first-order chi connectivity index (χ1) is 11.0. The lowest BCUT2D eigenvalue weighted by Crippen LogP contribution is -2.40. The molecule has 132 valence electrons. The second kappa shape index (κ2) is 9.45. The molecule has 0 saturated heterocycles. The summed E-state index contributed by atoms with van der Waals surface area (Å²) in [5, 5.41) is 4.10. The number of benzene rings is 1. The maximum Gasteiger partial charge on any atom is 0.226 e. The summed E-state index contributed by atoms with van der Waals surface area (Å²) in [6.07, 6.45) is 1.58. The van der Waals surface area contributed by atoms with E-state index in [-0.39, 0.29) is 30.3 Å². The number of rotatable bonds is 7. The summed E-state index contributed by atoms with van der Waals surface area (Å²) in [6, 6.07) is 11.8. The van der Waals surface area contributed by atoms with Crippen molar-refractivity contribution in [1.82, 2.24) is 10.1 Å². The average molecular weight is 352 g/mol. The summed E-state index contributed by atoms with van der Waals surface area (Å²) in [5.74, 6) is 0.766. The van der Waals surface area contributed by atoms with Gasteiger partial charge in [-0.1, -0.05) is 42.4 Å². The predicted octanol–water partition coefficient (Wildman–Crippen LogP) is 3.14. The normalized spacial score (nSPS) is 13.0. The predicted molar refractivity (Wildman–Crippen MR) is 98.0 cm³/mol. The van der Waals surface area contributed by atoms with Gasteiger partial charge in [-0.2, -0.15) is 0 Å². The molecule has 2 rings (SSSR count). The van der Waals surface area contributed by atoms with Gasteiger partial charge in [-0.05, 0) is 13.3 Å². The highest BCUT2D eigenvalue weighted by molar-refractivity contribution is 5.85. The van der Waals surface area contributed by atoms with Gasteiger partial charge < -0.3 is 15.2 Å². The van der Waals surface area contributed by atoms with Gasteiger partial charge in [0, 0.05) is 37.7 Å². The molecule has 2 N–H and O–H groups in total. The second-order valence-corrected chi connectivity index (χ2v) is 6.06. The number of carbonyl (C=O) groups is 1. The lowest BCUT2D eigenvalue weighted by Gasteiger charge is -2.23. The van der Waals surface area contributed by atoms with E-state index < -0.39 is 0 Å². The number of carbonyl (C=O) groups excluding carboxylic acids is 1. The average Bonchev–Trinajstić information content (AvgIpc) is 3.03. The van der Waals surface area contributed by atoms with Crippen LogP contribution in [0, 0.1) is 5.92 Å². The molecule has 1 aromatic heterocycles. The maximum atomic E-state index is 12.1. The molecule has 2 atom stereocenters. The Kier molecular flexibility index (Phi) is 7.95. The molecular formula is C18H26ClN3O2. The zero-order chi connectivity index (χ0) is 16.8. The highest BCUT2D eigenvalue weighted by Gasteiger charge is 2.20. The van der Waals surface area contributed by atoms with Gasteiger partial charge in [0.05, 0.1) is 5.92 Å². The van der Waals surface area contributed by atoms with Crippen LogP contribution in [-0.2, 0) is 11.2 Å². The van der Waals surface area contributed by atoms with Gasteiger partial charge >= 0.3 is 0 Å². The number of nitrogens with zero attached hydrogens (tertiary/aromatic N) is 2. The number of hydrogen-bond acceptors (Lipinski definition) is 4. The number of halogens is 1. The summed E-state index contributed by atoms with van der Waals surface area (Å²) in [5.41, 5.74) is 7.67. The molecule has 0 fully saturated rings. The van der Waals surface area contributed by atoms with Crippen molar-refractivity contribution in [2.45, 2.75) is 32.7 Å². The van der Waals surface area contributed by atoms with E-state index in [1.165, 1.54) is 0 Å². The monoisotopic (exact) mass is 351 g/mol. The first-order valence-electron chi connectivity index (χ1n) is 8.00. The van der Waals surface area contributed by atoms with Crippen molar-refractivity contribution >= 4 is 18.3 Å². The van der Waals surface area contributed by atoms with Crippen LogP contribution in [0.5, 0.6) is 0 Å². The molecule has 24 heavy (non-hydrogen) atoms. The molecule has 5 nitrogen and oxygen atoms in total. The fraction of sp³-hybridized carbons (Fsp3) is 0.444. The topological polar surface area (TPSA) is 72.4 Å². The SMILES string of the molecule is CC(N)C(C)C(=O)N(C)CCCc1cc(-c2ccccc2)no1.Cl. The highest BCUT2D eigenvalue weighted by atomic mass is 35.5. The first kappa shape index (κ1) is 20.2. The zero-order valence-electron chi connectivity index (χ0n) is 14.4. The molecule has 0 aliphatic rings. The first-order valence-corrected chi connectivity index (χ1v) is 8.00. The van der Waals surface area contributed by atoms with Gasteiger partial charge in [-0.3, -0.25) is 4.79 Å². The molecule has 1 aromatic carbocycles. The van der Waals surface area contributed by atoms with Crippen LogP contribution < -0.4 is 5.73 Å². The molecule has 0 aliphatic carbocycles. The molecule has 0 saturated carbocycles. The van der Waals surface area contributed by atoms with Crippen LogP contribution in [0.25, 0.3) is 11.3 Å². The third-order valence-electron chi connectivity index (χ3n) is 4.10. The van der Waals surface area contributed by atoms with Crippen LogP contribution in [-0.4, -0.2) is 35.6 Å². The molecule has 6 heteroatoms. The minimum atomic E-state index is -0.157. The van der Waals surface area contributed by atoms with Crippen molar-refractivity contribution in [2.24, 2.45) is 11.7 Å². The minimum Gasteiger partial charge on any atom is -0.361 e. The van der Waals surface area contributed by atoms with Crippen molar-refractivity contribution in [1.29, 1.82) is 0 Å². The van der Waals surface area contributed by atoms with Crippen molar-refractivity contribution in [2.75, 3.05) is 13.6 Å². The zero-order valence-corrected chi connectivity index (χ0v) is 15.3. The largest absolute Gasteiger partial charge is 0.361 e. The molecule has 0 bridgehead atoms. The molecule has 0 aliphatic heterocycles. The van der Waals surface area contributed by atoms with E-state index in [4.69, 9.17) is 10.3 Å². The standard InChI is InChI=1S/C18H25N3O2.ClH/c1-13(14(2)19)18(22)21(3)11-7-10-16-12-17(20-23-16)15-8-5-4-6-9-15;/h4-6,8-9,12-14H,7,10-11,19H2,1-3H3;1H. The molecule has 1 heterocycles. The van der Waals surface area contributed by atoms with Crippen molar-refractivity contribution < 1.29 is 9.32 Å². The molecule has 1 amide bonds. The Bertz CT molecular complexity index is 628. The Morgan fingerprint density at radius 2 is 1.96 bits per heavy atom. The summed E-state index contributed by atoms with van der Waals surface area (Å²) in [6.45, 7) is 4.40. The van der Waals surface area contributed by atoms with E-state index >= 15 is 0 Å². The lowest BCUT2D eigenvalue weighted by atomic mass is 10.0. The van der Waals surface area contributed by atoms with E-state index in [1.54, 1.807) is 4.90 Å². The molecular weight excluding hydrogens is 326 g/mol. The van der Waals surface area contributed by atoms with Gasteiger partial charge in [0.15, 0.2) is 0 Å². The summed E-state index contributed by atoms with van der Waals surface area (Å²) in [4.78, 5) is 13.9. The van der Waals surface area contributed by atoms with Gasteiger partial charge in [0.1, 0.15) is 11.5 Å². The fourth-order valence-electron chi connectivity index (χ4n) is 2.35. The van der Waals surface area contributed by atoms with E-state index in [1.807, 2.05) is 57.3 Å². The second-order valence-electron chi connectivity index (χ2n) is 6.06. The lowest BCUT2D eigenvalue weighted by molar-refractivity contribution is -0.134. The fourth-order valence-corrected chi connectivity index (χ4v) is 2.35. The van der Waals surface area contributed by atoms with Crippen molar-refractivity contribution in [3.63, 3.8) is 0 Å². The molecule has 2 aromatic rings. The van der Waals surface area contributed by atoms with Gasteiger partial charge in [0.2, 0.25) is 5.91 Å². The van der Waals surface area contributed by atoms with Crippen LogP contribution in [0.3, 0.4) is 0 Å². The Morgan fingerprint density at radius 1 is 1.29 bits per heavy atom. The third kappa shape index (κ3) is 5.35. The number of aryl methyl sites for hydroxylation is 1. The number of nitrogens with two attached hydrogens (primary N) is 1. The van der Waals surface area contributed by atoms with Crippen LogP contribution in [0.15, 0.2) is 40.9 Å². The number of amides is 1. The maximum absolute atomic E-state index is 12.1.